The number of hydrogen-bond donors (Lipinski definition) is 1. The number of ketones is 1. The molecule has 1 amide bonds. The van der Waals surface area contributed by atoms with E-state index < -0.39 is 17.7 Å². The molecule has 1 N–H and O–H groups in total. The fraction of sp³-hybridized carbons (Fsp3) is 0.160. The van der Waals surface area contributed by atoms with Crippen molar-refractivity contribution >= 4 is 34.7 Å². The third kappa shape index (κ3) is 3.74. The molecule has 4 rings (SSSR count). The number of ether oxygens (including phenoxy) is 1. The molecule has 1 aliphatic heterocycles. The second-order valence-electron chi connectivity index (χ2n) is 7.32. The quantitative estimate of drug-likeness (QED) is 0.335. The Kier molecular flexibility index (Phi) is 5.97. The van der Waals surface area contributed by atoms with Crippen molar-refractivity contribution in [1.82, 2.24) is 4.98 Å². The van der Waals surface area contributed by atoms with Crippen LogP contribution in [-0.4, -0.2) is 28.4 Å². The molecule has 2 heterocycles. The summed E-state index contributed by atoms with van der Waals surface area (Å²) < 4.78 is 5.52. The number of para-hydroxylation sites is 1. The highest BCUT2D eigenvalue weighted by atomic mass is 35.5. The van der Waals surface area contributed by atoms with E-state index in [1.165, 1.54) is 4.90 Å². The molecule has 1 unspecified atom stereocenters. The van der Waals surface area contributed by atoms with Crippen molar-refractivity contribution in [3.63, 3.8) is 0 Å². The summed E-state index contributed by atoms with van der Waals surface area (Å²) in [6, 6.07) is 14.7. The van der Waals surface area contributed by atoms with Crippen LogP contribution in [0, 0.1) is 6.92 Å². The van der Waals surface area contributed by atoms with Gasteiger partial charge in [0.2, 0.25) is 0 Å². The van der Waals surface area contributed by atoms with Crippen LogP contribution in [0.2, 0.25) is 5.02 Å². The number of nitrogens with zero attached hydrogens (tertiary/aromatic N) is 2. The van der Waals surface area contributed by atoms with E-state index >= 15 is 0 Å². The number of carbonyl (C=O) groups excluding carboxylic acids is 2. The Balaban J connectivity index is 1.96. The standard InChI is InChI=1S/C25H21ClN2O4/c1-3-32-17-10-11-19(26)18(13-17)23(29)21-22(16-8-6-12-27-14-16)28(25(31)24(21)30)20-9-5-4-7-15(20)2/h4-14,22,29H,3H2,1-2H3/b23-21+. The maximum absolute atomic E-state index is 13.2. The van der Waals surface area contributed by atoms with Crippen molar-refractivity contribution in [1.29, 1.82) is 0 Å². The highest BCUT2D eigenvalue weighted by molar-refractivity contribution is 6.52. The summed E-state index contributed by atoms with van der Waals surface area (Å²) >= 11 is 6.35. The fourth-order valence-corrected chi connectivity index (χ4v) is 4.06. The molecule has 0 radical (unpaired) electrons. The van der Waals surface area contributed by atoms with Crippen LogP contribution in [0.3, 0.4) is 0 Å². The highest BCUT2D eigenvalue weighted by Crippen LogP contribution is 2.43. The average Bonchev–Trinajstić information content (AvgIpc) is 3.06. The number of aryl methyl sites for hydroxylation is 1. The molecule has 1 saturated heterocycles. The third-order valence-corrected chi connectivity index (χ3v) is 5.65. The molecule has 3 aromatic rings. The predicted molar refractivity (Wildman–Crippen MR) is 123 cm³/mol. The lowest BCUT2D eigenvalue weighted by molar-refractivity contribution is -0.132. The lowest BCUT2D eigenvalue weighted by atomic mass is 9.96. The van der Waals surface area contributed by atoms with Crippen molar-refractivity contribution in [3.05, 3.63) is 94.3 Å². The molecule has 1 aliphatic rings. The van der Waals surface area contributed by atoms with Gasteiger partial charge in [0.25, 0.3) is 11.7 Å². The molecule has 2 aromatic carbocycles. The highest BCUT2D eigenvalue weighted by Gasteiger charge is 2.47. The summed E-state index contributed by atoms with van der Waals surface area (Å²) in [4.78, 5) is 32.0. The monoisotopic (exact) mass is 448 g/mol. The Hall–Kier alpha value is -3.64. The minimum Gasteiger partial charge on any atom is -0.507 e. The zero-order chi connectivity index (χ0) is 22.8. The number of Topliss-reactive ketones (excluding diaryl/α,β-unsaturated/α-hetero) is 1. The van der Waals surface area contributed by atoms with Crippen molar-refractivity contribution in [2.45, 2.75) is 19.9 Å². The second kappa shape index (κ2) is 8.85. The molecule has 0 aliphatic carbocycles. The number of anilines is 1. The summed E-state index contributed by atoms with van der Waals surface area (Å²) in [5.74, 6) is -1.39. The van der Waals surface area contributed by atoms with Crippen LogP contribution < -0.4 is 9.64 Å². The van der Waals surface area contributed by atoms with E-state index in [9.17, 15) is 14.7 Å². The Morgan fingerprint density at radius 1 is 1.16 bits per heavy atom. The second-order valence-corrected chi connectivity index (χ2v) is 7.72. The molecule has 7 heteroatoms. The molecular weight excluding hydrogens is 428 g/mol. The first-order valence-corrected chi connectivity index (χ1v) is 10.5. The van der Waals surface area contributed by atoms with Crippen molar-refractivity contribution in [2.24, 2.45) is 0 Å². The number of halogens is 1. The molecule has 0 saturated carbocycles. The molecule has 1 fully saturated rings. The van der Waals surface area contributed by atoms with E-state index in [-0.39, 0.29) is 21.9 Å². The molecule has 6 nitrogen and oxygen atoms in total. The predicted octanol–water partition coefficient (Wildman–Crippen LogP) is 5.07. The van der Waals surface area contributed by atoms with Crippen LogP contribution in [0.25, 0.3) is 5.76 Å². The van der Waals surface area contributed by atoms with Gasteiger partial charge in [-0.15, -0.1) is 0 Å². The Labute approximate surface area is 190 Å². The molecule has 0 spiro atoms. The van der Waals surface area contributed by atoms with Gasteiger partial charge in [0.05, 0.1) is 23.2 Å². The van der Waals surface area contributed by atoms with Gasteiger partial charge in [-0.25, -0.2) is 0 Å². The van der Waals surface area contributed by atoms with E-state index in [1.807, 2.05) is 26.0 Å². The maximum atomic E-state index is 13.2. The van der Waals surface area contributed by atoms with Crippen LogP contribution in [0.5, 0.6) is 5.75 Å². The van der Waals surface area contributed by atoms with Crippen LogP contribution in [0.15, 0.2) is 72.6 Å². The van der Waals surface area contributed by atoms with Gasteiger partial charge >= 0.3 is 0 Å². The van der Waals surface area contributed by atoms with E-state index in [1.54, 1.807) is 54.9 Å². The number of pyridine rings is 1. The normalized spacial score (nSPS) is 17.6. The minimum atomic E-state index is -0.864. The number of aromatic nitrogens is 1. The minimum absolute atomic E-state index is 0.0539. The number of rotatable bonds is 5. The van der Waals surface area contributed by atoms with Gasteiger partial charge in [-0.05, 0) is 55.3 Å². The first-order chi connectivity index (χ1) is 15.4. The fourth-order valence-electron chi connectivity index (χ4n) is 3.86. The summed E-state index contributed by atoms with van der Waals surface area (Å²) in [6.07, 6.45) is 3.18. The average molecular weight is 449 g/mol. The van der Waals surface area contributed by atoms with Gasteiger partial charge in [-0.3, -0.25) is 19.5 Å². The molecule has 32 heavy (non-hydrogen) atoms. The summed E-state index contributed by atoms with van der Waals surface area (Å²) in [6.45, 7) is 4.12. The van der Waals surface area contributed by atoms with Gasteiger partial charge in [0.15, 0.2) is 0 Å². The zero-order valence-corrected chi connectivity index (χ0v) is 18.3. The number of hydrogen-bond acceptors (Lipinski definition) is 5. The maximum Gasteiger partial charge on any atom is 0.300 e. The van der Waals surface area contributed by atoms with Gasteiger partial charge in [-0.2, -0.15) is 0 Å². The molecule has 162 valence electrons. The smallest absolute Gasteiger partial charge is 0.300 e. The van der Waals surface area contributed by atoms with E-state index in [0.717, 1.165) is 5.56 Å². The molecular formula is C25H21ClN2O4. The van der Waals surface area contributed by atoms with Crippen LogP contribution in [0.4, 0.5) is 5.69 Å². The molecule has 1 atom stereocenters. The van der Waals surface area contributed by atoms with Crippen molar-refractivity contribution < 1.29 is 19.4 Å². The number of carbonyl (C=O) groups is 2. The molecule has 1 aromatic heterocycles. The van der Waals surface area contributed by atoms with E-state index in [4.69, 9.17) is 16.3 Å². The van der Waals surface area contributed by atoms with Gasteiger partial charge < -0.3 is 9.84 Å². The SMILES string of the molecule is CCOc1ccc(Cl)c(/C(O)=C2\C(=O)C(=O)N(c3ccccc3C)C2c2cccnc2)c1. The lowest BCUT2D eigenvalue weighted by Crippen LogP contribution is -2.30. The first-order valence-electron chi connectivity index (χ1n) is 10.1. The third-order valence-electron chi connectivity index (χ3n) is 5.32. The number of aliphatic hydroxyl groups is 1. The number of aliphatic hydroxyl groups excluding tert-OH is 1. The van der Waals surface area contributed by atoms with Gasteiger partial charge in [0.1, 0.15) is 11.5 Å². The van der Waals surface area contributed by atoms with Gasteiger partial charge in [-0.1, -0.05) is 35.9 Å². The Morgan fingerprint density at radius 2 is 1.94 bits per heavy atom. The summed E-state index contributed by atoms with van der Waals surface area (Å²) in [7, 11) is 0. The zero-order valence-electron chi connectivity index (χ0n) is 17.6. The van der Waals surface area contributed by atoms with E-state index in [2.05, 4.69) is 4.98 Å². The van der Waals surface area contributed by atoms with Crippen LogP contribution >= 0.6 is 11.6 Å². The van der Waals surface area contributed by atoms with Crippen molar-refractivity contribution in [3.8, 4) is 5.75 Å². The largest absolute Gasteiger partial charge is 0.507 e. The topological polar surface area (TPSA) is 79.7 Å². The number of benzene rings is 2. The Bertz CT molecular complexity index is 1220. The van der Waals surface area contributed by atoms with E-state index in [0.29, 0.717) is 23.6 Å². The Morgan fingerprint density at radius 3 is 2.62 bits per heavy atom. The van der Waals surface area contributed by atoms with Gasteiger partial charge in [0, 0.05) is 23.6 Å². The summed E-state index contributed by atoms with van der Waals surface area (Å²) in [5.41, 5.74) is 2.15. The molecule has 0 bridgehead atoms. The number of amides is 1. The first kappa shape index (κ1) is 21.6. The van der Waals surface area contributed by atoms with Crippen LogP contribution in [-0.2, 0) is 9.59 Å². The summed E-state index contributed by atoms with van der Waals surface area (Å²) in [5, 5.41) is 11.5. The van der Waals surface area contributed by atoms with Crippen LogP contribution in [0.1, 0.15) is 29.7 Å². The lowest BCUT2D eigenvalue weighted by Gasteiger charge is -2.26. The van der Waals surface area contributed by atoms with Crippen molar-refractivity contribution in [2.75, 3.05) is 11.5 Å².